The highest BCUT2D eigenvalue weighted by Crippen LogP contribution is 2.54. The third kappa shape index (κ3) is 7.65. The summed E-state index contributed by atoms with van der Waals surface area (Å²) in [6.45, 7) is 23.2. The largest absolute Gasteiger partial charge is 0.492 e. The molecule has 0 fully saturated rings. The second-order valence-electron chi connectivity index (χ2n) is 9.49. The van der Waals surface area contributed by atoms with Gasteiger partial charge >= 0.3 is 11.9 Å². The molecule has 2 aromatic rings. The van der Waals surface area contributed by atoms with E-state index in [9.17, 15) is 9.59 Å². The normalized spacial score (nSPS) is 11.0. The van der Waals surface area contributed by atoms with E-state index in [0.717, 1.165) is 0 Å². The standard InChI is InChI=1S/C31H38Br2O8/c1-11-36-21-15-19(25(38-13-3)23(32)27(21)40-29(34)17(5)6)31(9,10)20-16-22(37-12-2)28(41-30(35)18(7)8)24(33)26(20)39-14-4/h15-16H,5,7,11-14H2,1-4,6,8-10H3. The van der Waals surface area contributed by atoms with Gasteiger partial charge in [0.25, 0.3) is 0 Å². The SMILES string of the molecule is C=C(C)C(=O)Oc1c(OCC)cc(C(C)(C)c2cc(OCC)c(OC(=O)C(=C)C)c(Br)c2OCC)c(OCC)c1Br. The Morgan fingerprint density at radius 2 is 0.976 bits per heavy atom. The van der Waals surface area contributed by atoms with Crippen LogP contribution >= 0.6 is 31.9 Å². The summed E-state index contributed by atoms with van der Waals surface area (Å²) in [5, 5.41) is 0. The molecule has 8 nitrogen and oxygen atoms in total. The summed E-state index contributed by atoms with van der Waals surface area (Å²) in [6.07, 6.45) is 0. The second-order valence-corrected chi connectivity index (χ2v) is 11.1. The predicted octanol–water partition coefficient (Wildman–Crippen LogP) is 8.10. The molecule has 2 aromatic carbocycles. The van der Waals surface area contributed by atoms with E-state index in [1.807, 2.05) is 41.5 Å². The molecule has 41 heavy (non-hydrogen) atoms. The van der Waals surface area contributed by atoms with Gasteiger partial charge in [-0.3, -0.25) is 0 Å². The van der Waals surface area contributed by atoms with Crippen molar-refractivity contribution in [3.8, 4) is 34.5 Å². The molecule has 0 unspecified atom stereocenters. The Hall–Kier alpha value is -2.98. The minimum atomic E-state index is -0.814. The van der Waals surface area contributed by atoms with Gasteiger partial charge in [0.2, 0.25) is 0 Å². The second kappa shape index (κ2) is 14.8. The van der Waals surface area contributed by atoms with E-state index >= 15 is 0 Å². The number of carbonyl (C=O) groups excluding carboxylic acids is 2. The number of benzene rings is 2. The molecule has 224 valence electrons. The Morgan fingerprint density at radius 3 is 1.24 bits per heavy atom. The van der Waals surface area contributed by atoms with Crippen LogP contribution in [0.5, 0.6) is 34.5 Å². The van der Waals surface area contributed by atoms with Crippen molar-refractivity contribution >= 4 is 43.8 Å². The first-order valence-electron chi connectivity index (χ1n) is 13.3. The molecule has 0 spiro atoms. The topological polar surface area (TPSA) is 89.5 Å². The molecule has 0 aliphatic rings. The van der Waals surface area contributed by atoms with E-state index in [0.29, 0.717) is 69.5 Å². The minimum absolute atomic E-state index is 0.186. The maximum atomic E-state index is 12.5. The zero-order valence-electron chi connectivity index (χ0n) is 24.9. The van der Waals surface area contributed by atoms with E-state index in [2.05, 4.69) is 45.0 Å². The monoisotopic (exact) mass is 696 g/mol. The summed E-state index contributed by atoms with van der Waals surface area (Å²) in [5.41, 5.74) is 1.09. The number of halogens is 2. The highest BCUT2D eigenvalue weighted by molar-refractivity contribution is 9.11. The zero-order valence-corrected chi connectivity index (χ0v) is 28.1. The average molecular weight is 698 g/mol. The van der Waals surface area contributed by atoms with Crippen LogP contribution in [-0.4, -0.2) is 38.4 Å². The molecule has 0 amide bonds. The smallest absolute Gasteiger partial charge is 0.338 e. The molecule has 0 saturated carbocycles. The number of carbonyl (C=O) groups is 2. The van der Waals surface area contributed by atoms with Crippen LogP contribution in [0.4, 0.5) is 0 Å². The molecule has 0 saturated heterocycles. The quantitative estimate of drug-likeness (QED) is 0.111. The lowest BCUT2D eigenvalue weighted by molar-refractivity contribution is -0.131. The Bertz CT molecular complexity index is 1230. The van der Waals surface area contributed by atoms with Crippen LogP contribution in [0, 0.1) is 0 Å². The minimum Gasteiger partial charge on any atom is -0.492 e. The van der Waals surface area contributed by atoms with Gasteiger partial charge in [0, 0.05) is 27.7 Å². The van der Waals surface area contributed by atoms with E-state index in [4.69, 9.17) is 28.4 Å². The van der Waals surface area contributed by atoms with Gasteiger partial charge < -0.3 is 28.4 Å². The molecule has 0 aliphatic carbocycles. The number of rotatable bonds is 14. The number of hydrogen-bond donors (Lipinski definition) is 0. The van der Waals surface area contributed by atoms with Gasteiger partial charge in [0.05, 0.1) is 26.4 Å². The van der Waals surface area contributed by atoms with Crippen LogP contribution in [-0.2, 0) is 15.0 Å². The number of ether oxygens (including phenoxy) is 6. The first-order valence-corrected chi connectivity index (χ1v) is 14.9. The van der Waals surface area contributed by atoms with E-state index in [-0.39, 0.29) is 22.6 Å². The van der Waals surface area contributed by atoms with Crippen molar-refractivity contribution in [1.82, 2.24) is 0 Å². The lowest BCUT2D eigenvalue weighted by atomic mass is 9.76. The molecule has 10 heteroatoms. The third-order valence-electron chi connectivity index (χ3n) is 5.90. The molecule has 0 N–H and O–H groups in total. The van der Waals surface area contributed by atoms with E-state index in [1.165, 1.54) is 0 Å². The average Bonchev–Trinajstić information content (AvgIpc) is 2.90. The number of esters is 2. The van der Waals surface area contributed by atoms with Crippen molar-refractivity contribution in [3.05, 3.63) is 56.5 Å². The molecule has 0 bridgehead atoms. The van der Waals surface area contributed by atoms with Gasteiger partial charge in [-0.05, 0) is 85.5 Å². The van der Waals surface area contributed by atoms with E-state index < -0.39 is 17.4 Å². The lowest BCUT2D eigenvalue weighted by Gasteiger charge is -2.32. The van der Waals surface area contributed by atoms with Crippen LogP contribution in [0.2, 0.25) is 0 Å². The zero-order chi connectivity index (χ0) is 31.1. The van der Waals surface area contributed by atoms with Gasteiger partial charge in [0.1, 0.15) is 20.4 Å². The van der Waals surface area contributed by atoms with Crippen LogP contribution in [0.15, 0.2) is 45.4 Å². The Morgan fingerprint density at radius 1 is 0.659 bits per heavy atom. The third-order valence-corrected chi connectivity index (χ3v) is 7.34. The molecular formula is C31H38Br2O8. The Balaban J connectivity index is 2.96. The van der Waals surface area contributed by atoms with Gasteiger partial charge in [-0.25, -0.2) is 9.59 Å². The van der Waals surface area contributed by atoms with Crippen LogP contribution in [0.25, 0.3) is 0 Å². The van der Waals surface area contributed by atoms with Gasteiger partial charge in [-0.2, -0.15) is 0 Å². The lowest BCUT2D eigenvalue weighted by Crippen LogP contribution is -2.23. The highest BCUT2D eigenvalue weighted by Gasteiger charge is 2.37. The van der Waals surface area contributed by atoms with Crippen LogP contribution in [0.3, 0.4) is 0 Å². The van der Waals surface area contributed by atoms with Crippen molar-refractivity contribution in [2.75, 3.05) is 26.4 Å². The summed E-state index contributed by atoms with van der Waals surface area (Å²) in [7, 11) is 0. The molecular weight excluding hydrogens is 660 g/mol. The first kappa shape index (κ1) is 34.2. The van der Waals surface area contributed by atoms with Crippen molar-refractivity contribution in [1.29, 1.82) is 0 Å². The molecule has 2 rings (SSSR count). The summed E-state index contributed by atoms with van der Waals surface area (Å²) < 4.78 is 36.2. The molecule has 0 heterocycles. The van der Waals surface area contributed by atoms with E-state index in [1.54, 1.807) is 26.0 Å². The van der Waals surface area contributed by atoms with Gasteiger partial charge in [0.15, 0.2) is 23.0 Å². The van der Waals surface area contributed by atoms with Crippen LogP contribution in [0.1, 0.15) is 66.5 Å². The summed E-state index contributed by atoms with van der Waals surface area (Å²) in [5.74, 6) is 0.788. The molecule has 0 atom stereocenters. The highest BCUT2D eigenvalue weighted by atomic mass is 79.9. The maximum absolute atomic E-state index is 12.5. The molecule has 0 aromatic heterocycles. The van der Waals surface area contributed by atoms with Crippen LogP contribution < -0.4 is 28.4 Å². The molecule has 0 aliphatic heterocycles. The fraction of sp³-hybridized carbons (Fsp3) is 0.419. The van der Waals surface area contributed by atoms with Crippen molar-refractivity contribution in [2.24, 2.45) is 0 Å². The fourth-order valence-corrected chi connectivity index (χ4v) is 5.11. The summed E-state index contributed by atoms with van der Waals surface area (Å²) in [4.78, 5) is 25.0. The Labute approximate surface area is 259 Å². The van der Waals surface area contributed by atoms with Crippen molar-refractivity contribution < 1.29 is 38.0 Å². The summed E-state index contributed by atoms with van der Waals surface area (Å²) >= 11 is 7.22. The maximum Gasteiger partial charge on any atom is 0.338 e. The van der Waals surface area contributed by atoms with Crippen molar-refractivity contribution in [2.45, 2.75) is 60.8 Å². The van der Waals surface area contributed by atoms with Gasteiger partial charge in [-0.15, -0.1) is 0 Å². The summed E-state index contributed by atoms with van der Waals surface area (Å²) in [6, 6.07) is 3.58. The fourth-order valence-electron chi connectivity index (χ4n) is 3.90. The number of hydrogen-bond acceptors (Lipinski definition) is 8. The van der Waals surface area contributed by atoms with Crippen molar-refractivity contribution in [3.63, 3.8) is 0 Å². The Kier molecular flexibility index (Phi) is 12.3. The van der Waals surface area contributed by atoms with Gasteiger partial charge in [-0.1, -0.05) is 27.0 Å². The predicted molar refractivity (Wildman–Crippen MR) is 166 cm³/mol. The first-order chi connectivity index (χ1) is 19.3. The molecule has 0 radical (unpaired) electrons.